The van der Waals surface area contributed by atoms with Gasteiger partial charge in [0.15, 0.2) is 0 Å². The molecule has 1 atom stereocenters. The van der Waals surface area contributed by atoms with Crippen LogP contribution in [0.4, 0.5) is 19.0 Å². The van der Waals surface area contributed by atoms with Crippen molar-refractivity contribution in [2.45, 2.75) is 25.2 Å². The standard InChI is InChI=1S/C32H22F2N6S2/c33-19-11-12-20-23(15-19)21(16-28(20)38-39-31-35-26-5-1-2-7-29(26)41-31)18-9-8-17-10-13-25(22(17)14-18)37-40-32-36-27-6-3-4-24(34)30(27)42-32/h1-9,11-12,14-15,21H,10,13,16H2,(H,35,39)(H,36,40)/b37-25-,38-28-. The molecule has 8 rings (SSSR count). The summed E-state index contributed by atoms with van der Waals surface area (Å²) in [4.78, 5) is 9.09. The molecular formula is C32H22F2N6S2. The Kier molecular flexibility index (Phi) is 6.04. The number of rotatable bonds is 5. The molecule has 6 aromatic rings. The van der Waals surface area contributed by atoms with Gasteiger partial charge in [-0.3, -0.25) is 10.9 Å². The van der Waals surface area contributed by atoms with Crippen LogP contribution in [0.3, 0.4) is 0 Å². The van der Waals surface area contributed by atoms with Gasteiger partial charge in [-0.1, -0.05) is 53.0 Å². The molecule has 10 heteroatoms. The maximum Gasteiger partial charge on any atom is 0.204 e. The molecule has 0 spiro atoms. The Bertz CT molecular complexity index is 2050. The molecule has 2 aromatic heterocycles. The third-order valence-electron chi connectivity index (χ3n) is 7.81. The predicted octanol–water partition coefficient (Wildman–Crippen LogP) is 8.30. The molecule has 0 bridgehead atoms. The van der Waals surface area contributed by atoms with E-state index in [0.717, 1.165) is 61.9 Å². The van der Waals surface area contributed by atoms with Gasteiger partial charge < -0.3 is 0 Å². The molecule has 2 aliphatic carbocycles. The highest BCUT2D eigenvalue weighted by atomic mass is 32.1. The van der Waals surface area contributed by atoms with Crippen molar-refractivity contribution < 1.29 is 8.78 Å². The first kappa shape index (κ1) is 25.2. The van der Waals surface area contributed by atoms with Gasteiger partial charge in [-0.2, -0.15) is 10.2 Å². The van der Waals surface area contributed by atoms with E-state index in [1.807, 2.05) is 30.3 Å². The Hall–Kier alpha value is -4.54. The Morgan fingerprint density at radius 3 is 2.43 bits per heavy atom. The minimum absolute atomic E-state index is 0.0426. The predicted molar refractivity (Wildman–Crippen MR) is 167 cm³/mol. The molecule has 1 unspecified atom stereocenters. The molecule has 0 radical (unpaired) electrons. The van der Waals surface area contributed by atoms with E-state index in [-0.39, 0.29) is 17.6 Å². The highest BCUT2D eigenvalue weighted by Crippen LogP contribution is 2.41. The number of anilines is 2. The first-order valence-corrected chi connectivity index (χ1v) is 15.2. The molecule has 6 nitrogen and oxygen atoms in total. The lowest BCUT2D eigenvalue weighted by atomic mass is 9.90. The lowest BCUT2D eigenvalue weighted by molar-refractivity contribution is 0.624. The largest absolute Gasteiger partial charge is 0.252 e. The van der Waals surface area contributed by atoms with Crippen molar-refractivity contribution in [1.82, 2.24) is 9.97 Å². The number of nitrogens with one attached hydrogen (secondary N) is 2. The van der Waals surface area contributed by atoms with Gasteiger partial charge in [-0.15, -0.1) is 0 Å². The van der Waals surface area contributed by atoms with E-state index in [2.05, 4.69) is 44.1 Å². The molecule has 2 N–H and O–H groups in total. The van der Waals surface area contributed by atoms with Gasteiger partial charge >= 0.3 is 0 Å². The van der Waals surface area contributed by atoms with Crippen molar-refractivity contribution >= 4 is 64.8 Å². The van der Waals surface area contributed by atoms with Crippen molar-refractivity contribution in [1.29, 1.82) is 0 Å². The summed E-state index contributed by atoms with van der Waals surface area (Å²) in [5, 5.41) is 10.7. The number of fused-ring (bicyclic) bond motifs is 4. The molecule has 42 heavy (non-hydrogen) atoms. The zero-order chi connectivity index (χ0) is 28.2. The van der Waals surface area contributed by atoms with Crippen molar-refractivity contribution in [3.63, 3.8) is 0 Å². The summed E-state index contributed by atoms with van der Waals surface area (Å²) in [6.45, 7) is 0. The summed E-state index contributed by atoms with van der Waals surface area (Å²) in [7, 11) is 0. The van der Waals surface area contributed by atoms with Crippen LogP contribution in [0.5, 0.6) is 0 Å². The molecule has 2 heterocycles. The number of aromatic nitrogens is 2. The molecule has 4 aromatic carbocycles. The van der Waals surface area contributed by atoms with Crippen LogP contribution in [0.2, 0.25) is 0 Å². The van der Waals surface area contributed by atoms with Gasteiger partial charge in [0.1, 0.15) is 11.6 Å². The van der Waals surface area contributed by atoms with Crippen molar-refractivity contribution in [2.75, 3.05) is 10.9 Å². The first-order valence-electron chi connectivity index (χ1n) is 13.6. The Balaban J connectivity index is 1.09. The summed E-state index contributed by atoms with van der Waals surface area (Å²) in [6, 6.07) is 24.2. The number of hydrogen-bond donors (Lipinski definition) is 2. The highest BCUT2D eigenvalue weighted by molar-refractivity contribution is 7.22. The van der Waals surface area contributed by atoms with E-state index < -0.39 is 0 Å². The Morgan fingerprint density at radius 2 is 1.55 bits per heavy atom. The van der Waals surface area contributed by atoms with Gasteiger partial charge in [-0.05, 0) is 78.1 Å². The second-order valence-electron chi connectivity index (χ2n) is 10.3. The third-order valence-corrected chi connectivity index (χ3v) is 9.73. The maximum atomic E-state index is 14.5. The fourth-order valence-electron chi connectivity index (χ4n) is 5.82. The van der Waals surface area contributed by atoms with Crippen molar-refractivity contribution in [2.24, 2.45) is 10.2 Å². The summed E-state index contributed by atoms with van der Waals surface area (Å²) in [5.41, 5.74) is 14.8. The second kappa shape index (κ2) is 10.1. The number of thiazole rings is 2. The van der Waals surface area contributed by atoms with E-state index in [1.54, 1.807) is 29.5 Å². The summed E-state index contributed by atoms with van der Waals surface area (Å²) in [5.74, 6) is -0.592. The number of para-hydroxylation sites is 1. The number of benzene rings is 4. The minimum atomic E-state index is -0.284. The van der Waals surface area contributed by atoms with E-state index in [9.17, 15) is 8.78 Å². The Labute approximate surface area is 247 Å². The second-order valence-corrected chi connectivity index (χ2v) is 12.4. The minimum Gasteiger partial charge on any atom is -0.252 e. The van der Waals surface area contributed by atoms with E-state index in [4.69, 9.17) is 5.10 Å². The number of halogens is 2. The molecule has 2 aliphatic rings. The summed E-state index contributed by atoms with van der Waals surface area (Å²) in [6.07, 6.45) is 2.32. The summed E-state index contributed by atoms with van der Waals surface area (Å²) < 4.78 is 30.2. The molecular weight excluding hydrogens is 571 g/mol. The monoisotopic (exact) mass is 592 g/mol. The quantitative estimate of drug-likeness (QED) is 0.198. The first-order chi connectivity index (χ1) is 20.6. The topological polar surface area (TPSA) is 74.6 Å². The van der Waals surface area contributed by atoms with E-state index >= 15 is 0 Å². The number of nitrogens with zero attached hydrogens (tertiary/aromatic N) is 4. The lowest BCUT2D eigenvalue weighted by Crippen LogP contribution is -2.03. The SMILES string of the molecule is Fc1ccc2c(c1)C(c1ccc3c(c1)/C(=N\Nc1nc4cccc(F)c4s1)CC3)C/C2=N/Nc1nc2ccccc2s1. The van der Waals surface area contributed by atoms with Crippen LogP contribution in [0.15, 0.2) is 89.1 Å². The van der Waals surface area contributed by atoms with Crippen LogP contribution < -0.4 is 10.9 Å². The number of hydrazone groups is 2. The van der Waals surface area contributed by atoms with Crippen LogP contribution in [0.25, 0.3) is 20.4 Å². The fraction of sp³-hybridized carbons (Fsp3) is 0.125. The molecule has 206 valence electrons. The molecule has 0 saturated carbocycles. The van der Waals surface area contributed by atoms with Crippen LogP contribution in [0.1, 0.15) is 46.6 Å². The fourth-order valence-corrected chi connectivity index (χ4v) is 7.44. The molecule has 0 saturated heterocycles. The van der Waals surface area contributed by atoms with Crippen LogP contribution in [-0.2, 0) is 6.42 Å². The zero-order valence-corrected chi connectivity index (χ0v) is 23.7. The highest BCUT2D eigenvalue weighted by Gasteiger charge is 2.31. The number of hydrogen-bond acceptors (Lipinski definition) is 8. The third kappa shape index (κ3) is 4.43. The number of aryl methyl sites for hydroxylation is 1. The summed E-state index contributed by atoms with van der Waals surface area (Å²) >= 11 is 2.80. The van der Waals surface area contributed by atoms with Crippen molar-refractivity contribution in [3.8, 4) is 0 Å². The van der Waals surface area contributed by atoms with Crippen LogP contribution >= 0.6 is 22.7 Å². The smallest absolute Gasteiger partial charge is 0.204 e. The van der Waals surface area contributed by atoms with Gasteiger partial charge in [0, 0.05) is 23.5 Å². The average Bonchev–Trinajstić information content (AvgIpc) is 3.78. The van der Waals surface area contributed by atoms with Crippen LogP contribution in [0, 0.1) is 11.6 Å². The normalized spacial score (nSPS) is 17.8. The van der Waals surface area contributed by atoms with E-state index in [1.165, 1.54) is 29.0 Å². The van der Waals surface area contributed by atoms with Gasteiger partial charge in [0.2, 0.25) is 10.3 Å². The van der Waals surface area contributed by atoms with Gasteiger partial charge in [0.05, 0.1) is 31.9 Å². The Morgan fingerprint density at radius 1 is 0.738 bits per heavy atom. The zero-order valence-electron chi connectivity index (χ0n) is 22.1. The van der Waals surface area contributed by atoms with Crippen molar-refractivity contribution in [3.05, 3.63) is 118 Å². The molecule has 0 fully saturated rings. The average molecular weight is 593 g/mol. The van der Waals surface area contributed by atoms with Gasteiger partial charge in [-0.25, -0.2) is 18.7 Å². The van der Waals surface area contributed by atoms with Gasteiger partial charge in [0.25, 0.3) is 0 Å². The lowest BCUT2D eigenvalue weighted by Gasteiger charge is -2.13. The molecule has 0 aliphatic heterocycles. The molecule has 0 amide bonds. The maximum absolute atomic E-state index is 14.5. The van der Waals surface area contributed by atoms with E-state index in [0.29, 0.717) is 21.8 Å². The van der Waals surface area contributed by atoms with Crippen LogP contribution in [-0.4, -0.2) is 21.4 Å².